The van der Waals surface area contributed by atoms with Gasteiger partial charge in [0, 0.05) is 25.4 Å². The van der Waals surface area contributed by atoms with Crippen LogP contribution < -0.4 is 10.6 Å². The minimum absolute atomic E-state index is 0.0424. The monoisotopic (exact) mass is 276 g/mol. The predicted octanol–water partition coefficient (Wildman–Crippen LogP) is 2.66. The maximum absolute atomic E-state index is 12.1. The Kier molecular flexibility index (Phi) is 5.87. The molecule has 2 N–H and O–H groups in total. The number of rotatable bonds is 9. The standard InChI is InChI=1S/C16H24N2O2/c1-2-9-17-15-6-4-3-5-14(15)16(19)18-10-11-20-12-13-7-8-13/h3-6,13,17H,2,7-12H2,1H3,(H,18,19). The summed E-state index contributed by atoms with van der Waals surface area (Å²) in [6, 6.07) is 7.61. The zero-order valence-corrected chi connectivity index (χ0v) is 12.2. The highest BCUT2D eigenvalue weighted by Gasteiger charge is 2.20. The summed E-state index contributed by atoms with van der Waals surface area (Å²) in [5, 5.41) is 6.18. The average Bonchev–Trinajstić information content (AvgIpc) is 3.29. The van der Waals surface area contributed by atoms with Gasteiger partial charge in [0.2, 0.25) is 0 Å². The molecule has 0 atom stereocenters. The molecule has 20 heavy (non-hydrogen) atoms. The summed E-state index contributed by atoms with van der Waals surface area (Å²) >= 11 is 0. The van der Waals surface area contributed by atoms with Crippen LogP contribution in [0.25, 0.3) is 0 Å². The molecule has 1 aromatic carbocycles. The molecule has 0 heterocycles. The molecule has 0 saturated heterocycles. The minimum atomic E-state index is -0.0424. The molecule has 1 amide bonds. The van der Waals surface area contributed by atoms with Gasteiger partial charge in [-0.3, -0.25) is 4.79 Å². The van der Waals surface area contributed by atoms with Crippen molar-refractivity contribution in [1.29, 1.82) is 0 Å². The van der Waals surface area contributed by atoms with E-state index in [0.717, 1.165) is 31.2 Å². The van der Waals surface area contributed by atoms with Gasteiger partial charge in [0.15, 0.2) is 0 Å². The molecule has 1 aromatic rings. The van der Waals surface area contributed by atoms with E-state index in [1.54, 1.807) is 0 Å². The molecule has 1 aliphatic rings. The minimum Gasteiger partial charge on any atom is -0.384 e. The van der Waals surface area contributed by atoms with Crippen molar-refractivity contribution in [2.24, 2.45) is 5.92 Å². The first-order valence-electron chi connectivity index (χ1n) is 7.50. The Labute approximate surface area is 120 Å². The molecule has 0 unspecified atom stereocenters. The molecule has 1 saturated carbocycles. The van der Waals surface area contributed by atoms with Gasteiger partial charge in [-0.15, -0.1) is 0 Å². The van der Waals surface area contributed by atoms with E-state index in [9.17, 15) is 4.79 Å². The van der Waals surface area contributed by atoms with Crippen molar-refractivity contribution in [3.63, 3.8) is 0 Å². The number of anilines is 1. The lowest BCUT2D eigenvalue weighted by molar-refractivity contribution is 0.0907. The first-order chi connectivity index (χ1) is 9.81. The van der Waals surface area contributed by atoms with Crippen LogP contribution in [-0.2, 0) is 4.74 Å². The van der Waals surface area contributed by atoms with Crippen LogP contribution in [0.2, 0.25) is 0 Å². The van der Waals surface area contributed by atoms with Gasteiger partial charge in [0.1, 0.15) is 0 Å². The van der Waals surface area contributed by atoms with E-state index in [1.807, 2.05) is 24.3 Å². The van der Waals surface area contributed by atoms with Crippen LogP contribution in [0, 0.1) is 5.92 Å². The summed E-state index contributed by atoms with van der Waals surface area (Å²) in [5.74, 6) is 0.726. The molecule has 1 fully saturated rings. The summed E-state index contributed by atoms with van der Waals surface area (Å²) in [4.78, 5) is 12.1. The number of amides is 1. The first-order valence-corrected chi connectivity index (χ1v) is 7.50. The topological polar surface area (TPSA) is 50.4 Å². The van der Waals surface area contributed by atoms with Crippen LogP contribution in [-0.4, -0.2) is 32.2 Å². The van der Waals surface area contributed by atoms with E-state index in [-0.39, 0.29) is 5.91 Å². The third-order valence-electron chi connectivity index (χ3n) is 3.32. The van der Waals surface area contributed by atoms with Crippen LogP contribution in [0.3, 0.4) is 0 Å². The second-order valence-corrected chi connectivity index (χ2v) is 5.25. The van der Waals surface area contributed by atoms with Crippen molar-refractivity contribution in [3.05, 3.63) is 29.8 Å². The van der Waals surface area contributed by atoms with E-state index in [0.29, 0.717) is 18.7 Å². The highest BCUT2D eigenvalue weighted by molar-refractivity contribution is 5.99. The number of carbonyl (C=O) groups excluding carboxylic acids is 1. The molecule has 0 bridgehead atoms. The first kappa shape index (κ1) is 14.9. The molecule has 1 aliphatic carbocycles. The number of ether oxygens (including phenoxy) is 1. The zero-order valence-electron chi connectivity index (χ0n) is 12.2. The molecule has 110 valence electrons. The summed E-state index contributed by atoms with van der Waals surface area (Å²) in [6.07, 6.45) is 3.62. The van der Waals surface area contributed by atoms with Gasteiger partial charge < -0.3 is 15.4 Å². The third-order valence-corrected chi connectivity index (χ3v) is 3.32. The fourth-order valence-electron chi connectivity index (χ4n) is 1.96. The van der Waals surface area contributed by atoms with Crippen molar-refractivity contribution >= 4 is 11.6 Å². The lowest BCUT2D eigenvalue weighted by Gasteiger charge is -2.11. The van der Waals surface area contributed by atoms with Crippen molar-refractivity contribution in [3.8, 4) is 0 Å². The maximum atomic E-state index is 12.1. The number of benzene rings is 1. The number of hydrogen-bond acceptors (Lipinski definition) is 3. The van der Waals surface area contributed by atoms with Crippen molar-refractivity contribution in [2.75, 3.05) is 31.6 Å². The van der Waals surface area contributed by atoms with Crippen LogP contribution >= 0.6 is 0 Å². The lowest BCUT2D eigenvalue weighted by atomic mass is 10.1. The Bertz CT molecular complexity index is 430. The molecule has 4 nitrogen and oxygen atoms in total. The number of hydrogen-bond donors (Lipinski definition) is 2. The number of nitrogens with one attached hydrogen (secondary N) is 2. The van der Waals surface area contributed by atoms with Gasteiger partial charge in [0.05, 0.1) is 12.2 Å². The normalized spacial score (nSPS) is 14.1. The Hall–Kier alpha value is -1.55. The SMILES string of the molecule is CCCNc1ccccc1C(=O)NCCOCC1CC1. The van der Waals surface area contributed by atoms with Crippen LogP contribution in [0.4, 0.5) is 5.69 Å². The molecule has 0 spiro atoms. The van der Waals surface area contributed by atoms with Gasteiger partial charge in [-0.05, 0) is 37.3 Å². The van der Waals surface area contributed by atoms with Gasteiger partial charge in [-0.2, -0.15) is 0 Å². The van der Waals surface area contributed by atoms with E-state index >= 15 is 0 Å². The van der Waals surface area contributed by atoms with E-state index in [2.05, 4.69) is 17.6 Å². The molecule has 0 radical (unpaired) electrons. The fraction of sp³-hybridized carbons (Fsp3) is 0.562. The van der Waals surface area contributed by atoms with E-state index < -0.39 is 0 Å². The Morgan fingerprint density at radius 3 is 2.85 bits per heavy atom. The molecule has 0 aromatic heterocycles. The quantitative estimate of drug-likeness (QED) is 0.682. The van der Waals surface area contributed by atoms with E-state index in [4.69, 9.17) is 4.74 Å². The second kappa shape index (κ2) is 7.90. The molecule has 0 aliphatic heterocycles. The lowest BCUT2D eigenvalue weighted by Crippen LogP contribution is -2.28. The Morgan fingerprint density at radius 1 is 1.30 bits per heavy atom. The average molecular weight is 276 g/mol. The van der Waals surface area contributed by atoms with Crippen LogP contribution in [0.15, 0.2) is 24.3 Å². The fourth-order valence-corrected chi connectivity index (χ4v) is 1.96. The largest absolute Gasteiger partial charge is 0.384 e. The van der Waals surface area contributed by atoms with Crippen molar-refractivity contribution in [2.45, 2.75) is 26.2 Å². The van der Waals surface area contributed by atoms with Crippen molar-refractivity contribution < 1.29 is 9.53 Å². The smallest absolute Gasteiger partial charge is 0.253 e. The predicted molar refractivity (Wildman–Crippen MR) is 81.1 cm³/mol. The zero-order chi connectivity index (χ0) is 14.2. The summed E-state index contributed by atoms with van der Waals surface area (Å²) in [5.41, 5.74) is 1.59. The van der Waals surface area contributed by atoms with Gasteiger partial charge >= 0.3 is 0 Å². The van der Waals surface area contributed by atoms with Gasteiger partial charge in [0.25, 0.3) is 5.91 Å². The maximum Gasteiger partial charge on any atom is 0.253 e. The Balaban J connectivity index is 1.75. The summed E-state index contributed by atoms with van der Waals surface area (Å²) in [6.45, 7) is 4.96. The summed E-state index contributed by atoms with van der Waals surface area (Å²) < 4.78 is 5.51. The number of para-hydroxylation sites is 1. The van der Waals surface area contributed by atoms with Gasteiger partial charge in [-0.1, -0.05) is 19.1 Å². The van der Waals surface area contributed by atoms with Gasteiger partial charge in [-0.25, -0.2) is 0 Å². The summed E-state index contributed by atoms with van der Waals surface area (Å²) in [7, 11) is 0. The molecular weight excluding hydrogens is 252 g/mol. The Morgan fingerprint density at radius 2 is 2.10 bits per heavy atom. The van der Waals surface area contributed by atoms with E-state index in [1.165, 1.54) is 12.8 Å². The highest BCUT2D eigenvalue weighted by atomic mass is 16.5. The highest BCUT2D eigenvalue weighted by Crippen LogP contribution is 2.28. The number of carbonyl (C=O) groups is 1. The second-order valence-electron chi connectivity index (χ2n) is 5.25. The molecular formula is C16H24N2O2. The van der Waals surface area contributed by atoms with Crippen LogP contribution in [0.5, 0.6) is 0 Å². The third kappa shape index (κ3) is 4.85. The van der Waals surface area contributed by atoms with Crippen LogP contribution in [0.1, 0.15) is 36.5 Å². The molecule has 4 heteroatoms. The van der Waals surface area contributed by atoms with Crippen molar-refractivity contribution in [1.82, 2.24) is 5.32 Å². The molecule has 2 rings (SSSR count).